The number of hydrogen-bond acceptors (Lipinski definition) is 3. The third kappa shape index (κ3) is 2.63. The maximum atomic E-state index is 10.5. The second-order valence-electron chi connectivity index (χ2n) is 1.91. The molecule has 58 valence electrons. The molecule has 1 aromatic heterocycles. The Kier molecular flexibility index (Phi) is 2.53. The molecule has 0 aromatic carbocycles. The number of hydrogen-bond donors (Lipinski definition) is 1. The summed E-state index contributed by atoms with van der Waals surface area (Å²) in [6, 6.07) is 0. The average molecular weight is 216 g/mol. The molecule has 5 heteroatoms. The highest BCUT2D eigenvalue weighted by atomic mass is 79.9. The first-order valence-electron chi connectivity index (χ1n) is 2.93. The SMILES string of the molecule is CC(=O)Nc1ncc(Br)cn1. The molecule has 1 amide bonds. The molecule has 0 unspecified atom stereocenters. The van der Waals surface area contributed by atoms with E-state index in [1.54, 1.807) is 12.4 Å². The van der Waals surface area contributed by atoms with Gasteiger partial charge in [-0.2, -0.15) is 0 Å². The molecule has 0 radical (unpaired) electrons. The quantitative estimate of drug-likeness (QED) is 0.767. The number of rotatable bonds is 1. The number of amides is 1. The zero-order chi connectivity index (χ0) is 8.27. The summed E-state index contributed by atoms with van der Waals surface area (Å²) in [5, 5.41) is 2.45. The molecule has 1 aromatic rings. The van der Waals surface area contributed by atoms with Gasteiger partial charge in [-0.05, 0) is 15.9 Å². The Morgan fingerprint density at radius 3 is 2.55 bits per heavy atom. The van der Waals surface area contributed by atoms with Gasteiger partial charge in [-0.25, -0.2) is 9.97 Å². The monoisotopic (exact) mass is 215 g/mol. The van der Waals surface area contributed by atoms with Crippen LogP contribution in [-0.2, 0) is 4.79 Å². The van der Waals surface area contributed by atoms with Crippen molar-refractivity contribution < 1.29 is 4.79 Å². The summed E-state index contributed by atoms with van der Waals surface area (Å²) in [6.45, 7) is 1.41. The lowest BCUT2D eigenvalue weighted by Gasteiger charge is -1.97. The Morgan fingerprint density at radius 2 is 2.09 bits per heavy atom. The van der Waals surface area contributed by atoms with Gasteiger partial charge in [0.25, 0.3) is 0 Å². The van der Waals surface area contributed by atoms with Crippen molar-refractivity contribution in [1.29, 1.82) is 0 Å². The minimum absolute atomic E-state index is 0.174. The predicted octanol–water partition coefficient (Wildman–Crippen LogP) is 1.20. The van der Waals surface area contributed by atoms with Crippen LogP contribution in [0.4, 0.5) is 5.95 Å². The largest absolute Gasteiger partial charge is 0.295 e. The van der Waals surface area contributed by atoms with Gasteiger partial charge in [0.1, 0.15) is 0 Å². The molecule has 11 heavy (non-hydrogen) atoms. The van der Waals surface area contributed by atoms with E-state index in [0.29, 0.717) is 5.95 Å². The summed E-state index contributed by atoms with van der Waals surface area (Å²) >= 11 is 3.17. The molecule has 0 fully saturated rings. The average Bonchev–Trinajstić information content (AvgIpc) is 1.93. The molecule has 0 spiro atoms. The minimum atomic E-state index is -0.174. The zero-order valence-electron chi connectivity index (χ0n) is 5.84. The molecular weight excluding hydrogens is 210 g/mol. The number of nitrogens with zero attached hydrogens (tertiary/aromatic N) is 2. The summed E-state index contributed by atoms with van der Waals surface area (Å²) in [5.41, 5.74) is 0. The fourth-order valence-corrected chi connectivity index (χ4v) is 0.739. The van der Waals surface area contributed by atoms with E-state index in [1.807, 2.05) is 0 Å². The van der Waals surface area contributed by atoms with E-state index in [0.717, 1.165) is 4.47 Å². The van der Waals surface area contributed by atoms with Crippen molar-refractivity contribution in [1.82, 2.24) is 9.97 Å². The van der Waals surface area contributed by atoms with Crippen LogP contribution in [0.5, 0.6) is 0 Å². The van der Waals surface area contributed by atoms with E-state index in [1.165, 1.54) is 6.92 Å². The van der Waals surface area contributed by atoms with E-state index in [4.69, 9.17) is 0 Å². The van der Waals surface area contributed by atoms with Crippen LogP contribution < -0.4 is 5.32 Å². The van der Waals surface area contributed by atoms with Gasteiger partial charge in [-0.1, -0.05) is 0 Å². The van der Waals surface area contributed by atoms with Crippen molar-refractivity contribution in [3.8, 4) is 0 Å². The van der Waals surface area contributed by atoms with Crippen molar-refractivity contribution in [2.24, 2.45) is 0 Å². The first kappa shape index (κ1) is 8.13. The lowest BCUT2D eigenvalue weighted by Crippen LogP contribution is -2.08. The molecule has 0 aliphatic carbocycles. The topological polar surface area (TPSA) is 54.9 Å². The Morgan fingerprint density at radius 1 is 1.55 bits per heavy atom. The highest BCUT2D eigenvalue weighted by Crippen LogP contribution is 2.06. The number of aromatic nitrogens is 2. The highest BCUT2D eigenvalue weighted by molar-refractivity contribution is 9.10. The second-order valence-corrected chi connectivity index (χ2v) is 2.82. The van der Waals surface area contributed by atoms with Crippen molar-refractivity contribution in [2.75, 3.05) is 5.32 Å². The summed E-state index contributed by atoms with van der Waals surface area (Å²) in [7, 11) is 0. The van der Waals surface area contributed by atoms with Crippen LogP contribution in [0.1, 0.15) is 6.92 Å². The van der Waals surface area contributed by atoms with Crippen LogP contribution >= 0.6 is 15.9 Å². The third-order valence-electron chi connectivity index (χ3n) is 0.908. The molecule has 1 heterocycles. The van der Waals surface area contributed by atoms with Gasteiger partial charge < -0.3 is 0 Å². The Hall–Kier alpha value is -0.970. The fourth-order valence-electron chi connectivity index (χ4n) is 0.534. The fraction of sp³-hybridized carbons (Fsp3) is 0.167. The maximum Gasteiger partial charge on any atom is 0.229 e. The van der Waals surface area contributed by atoms with Crippen molar-refractivity contribution in [3.63, 3.8) is 0 Å². The summed E-state index contributed by atoms with van der Waals surface area (Å²) in [4.78, 5) is 18.2. The predicted molar refractivity (Wildman–Crippen MR) is 44.0 cm³/mol. The van der Waals surface area contributed by atoms with Crippen molar-refractivity contribution in [3.05, 3.63) is 16.9 Å². The molecule has 0 bridgehead atoms. The Labute approximate surface area is 72.2 Å². The van der Waals surface area contributed by atoms with Crippen LogP contribution in [0, 0.1) is 0 Å². The van der Waals surface area contributed by atoms with E-state index in [-0.39, 0.29) is 5.91 Å². The third-order valence-corrected chi connectivity index (χ3v) is 1.32. The van der Waals surface area contributed by atoms with Gasteiger partial charge >= 0.3 is 0 Å². The number of carbonyl (C=O) groups is 1. The van der Waals surface area contributed by atoms with E-state index in [9.17, 15) is 4.79 Å². The first-order valence-corrected chi connectivity index (χ1v) is 3.73. The van der Waals surface area contributed by atoms with Crippen molar-refractivity contribution in [2.45, 2.75) is 6.92 Å². The Bertz CT molecular complexity index is 259. The Balaban J connectivity index is 2.74. The summed E-state index contributed by atoms with van der Waals surface area (Å²) in [6.07, 6.45) is 3.14. The van der Waals surface area contributed by atoms with Gasteiger partial charge in [0.2, 0.25) is 11.9 Å². The van der Waals surface area contributed by atoms with E-state index in [2.05, 4.69) is 31.2 Å². The first-order chi connectivity index (χ1) is 5.18. The van der Waals surface area contributed by atoms with Gasteiger partial charge in [-0.15, -0.1) is 0 Å². The standard InChI is InChI=1S/C6H6BrN3O/c1-4(11)10-6-8-2-5(7)3-9-6/h2-3H,1H3,(H,8,9,10,11). The number of nitrogens with one attached hydrogen (secondary N) is 1. The van der Waals surface area contributed by atoms with Gasteiger partial charge in [0, 0.05) is 19.3 Å². The number of anilines is 1. The maximum absolute atomic E-state index is 10.5. The van der Waals surface area contributed by atoms with Gasteiger partial charge in [-0.3, -0.25) is 10.1 Å². The van der Waals surface area contributed by atoms with Crippen LogP contribution in [0.25, 0.3) is 0 Å². The minimum Gasteiger partial charge on any atom is -0.295 e. The van der Waals surface area contributed by atoms with Gasteiger partial charge in [0.15, 0.2) is 0 Å². The molecule has 0 saturated carbocycles. The van der Waals surface area contributed by atoms with E-state index >= 15 is 0 Å². The lowest BCUT2D eigenvalue weighted by molar-refractivity contribution is -0.114. The van der Waals surface area contributed by atoms with Gasteiger partial charge in [0.05, 0.1) is 4.47 Å². The lowest BCUT2D eigenvalue weighted by atomic mass is 10.6. The molecule has 1 N–H and O–H groups in total. The van der Waals surface area contributed by atoms with Crippen LogP contribution in [0.15, 0.2) is 16.9 Å². The number of carbonyl (C=O) groups excluding carboxylic acids is 1. The molecule has 0 aliphatic heterocycles. The van der Waals surface area contributed by atoms with Crippen LogP contribution in [-0.4, -0.2) is 15.9 Å². The highest BCUT2D eigenvalue weighted by Gasteiger charge is 1.96. The summed E-state index contributed by atoms with van der Waals surface area (Å²) < 4.78 is 0.784. The second kappa shape index (κ2) is 3.43. The summed E-state index contributed by atoms with van der Waals surface area (Å²) in [5.74, 6) is 0.146. The molecular formula is C6H6BrN3O. The molecule has 4 nitrogen and oxygen atoms in total. The molecule has 1 rings (SSSR count). The smallest absolute Gasteiger partial charge is 0.229 e. The van der Waals surface area contributed by atoms with Crippen molar-refractivity contribution >= 4 is 27.8 Å². The normalized spacial score (nSPS) is 9.27. The van der Waals surface area contributed by atoms with E-state index < -0.39 is 0 Å². The van der Waals surface area contributed by atoms with Crippen LogP contribution in [0.3, 0.4) is 0 Å². The molecule has 0 aliphatic rings. The number of halogens is 1. The zero-order valence-corrected chi connectivity index (χ0v) is 7.42. The van der Waals surface area contributed by atoms with Crippen LogP contribution in [0.2, 0.25) is 0 Å². The molecule has 0 atom stereocenters. The molecule has 0 saturated heterocycles.